The quantitative estimate of drug-likeness (QED) is 0.814. The normalized spacial score (nSPS) is 10.6. The Bertz CT molecular complexity index is 555. The van der Waals surface area contributed by atoms with Gasteiger partial charge < -0.3 is 4.52 Å². The Morgan fingerprint density at radius 2 is 2.47 bits per heavy atom. The number of aryl methyl sites for hydroxylation is 1. The lowest BCUT2D eigenvalue weighted by atomic mass is 10.3. The van der Waals surface area contributed by atoms with Crippen LogP contribution in [0.2, 0.25) is 0 Å². The van der Waals surface area contributed by atoms with Gasteiger partial charge in [-0.25, -0.2) is 5.48 Å². The third-order valence-corrected chi connectivity index (χ3v) is 3.84. The summed E-state index contributed by atoms with van der Waals surface area (Å²) in [7, 11) is 0. The number of hydroxylamine groups is 1. The minimum Gasteiger partial charge on any atom is -0.339 e. The molecular formula is C11H12BrN3O3S. The molecule has 19 heavy (non-hydrogen) atoms. The summed E-state index contributed by atoms with van der Waals surface area (Å²) in [6.45, 7) is 2.23. The third-order valence-electron chi connectivity index (χ3n) is 2.15. The summed E-state index contributed by atoms with van der Waals surface area (Å²) < 4.78 is 6.07. The second kappa shape index (κ2) is 6.78. The molecular weight excluding hydrogens is 334 g/mol. The molecule has 0 saturated heterocycles. The average molecular weight is 346 g/mol. The van der Waals surface area contributed by atoms with E-state index >= 15 is 0 Å². The van der Waals surface area contributed by atoms with E-state index in [1.54, 1.807) is 6.92 Å². The van der Waals surface area contributed by atoms with Gasteiger partial charge >= 0.3 is 0 Å². The predicted molar refractivity (Wildman–Crippen MR) is 73.4 cm³/mol. The summed E-state index contributed by atoms with van der Waals surface area (Å²) in [4.78, 5) is 21.3. The number of rotatable bonds is 6. The van der Waals surface area contributed by atoms with Crippen molar-refractivity contribution in [3.63, 3.8) is 0 Å². The molecule has 0 radical (unpaired) electrons. The van der Waals surface area contributed by atoms with Crippen LogP contribution < -0.4 is 5.48 Å². The van der Waals surface area contributed by atoms with Crippen molar-refractivity contribution in [2.45, 2.75) is 19.8 Å². The first-order chi connectivity index (χ1) is 9.19. The molecule has 2 rings (SSSR count). The molecule has 0 aliphatic heterocycles. The van der Waals surface area contributed by atoms with Crippen LogP contribution in [0.1, 0.15) is 19.2 Å². The Hall–Kier alpha value is -1.25. The number of nitrogens with one attached hydrogen (secondary N) is 1. The van der Waals surface area contributed by atoms with Crippen molar-refractivity contribution < 1.29 is 14.2 Å². The fraction of sp³-hybridized carbons (Fsp3) is 0.364. The van der Waals surface area contributed by atoms with E-state index < -0.39 is 0 Å². The van der Waals surface area contributed by atoms with Gasteiger partial charge in [0.2, 0.25) is 17.6 Å². The van der Waals surface area contributed by atoms with Gasteiger partial charge in [-0.3, -0.25) is 9.63 Å². The molecule has 0 atom stereocenters. The minimum absolute atomic E-state index is 0.208. The summed E-state index contributed by atoms with van der Waals surface area (Å²) in [5.41, 5.74) is 2.31. The number of hydrogen-bond donors (Lipinski definition) is 1. The van der Waals surface area contributed by atoms with Crippen molar-refractivity contribution in [1.82, 2.24) is 15.6 Å². The number of carbonyl (C=O) groups is 1. The molecule has 8 heteroatoms. The zero-order valence-electron chi connectivity index (χ0n) is 10.2. The van der Waals surface area contributed by atoms with Crippen LogP contribution in [-0.4, -0.2) is 22.7 Å². The molecule has 2 aromatic rings. The number of nitrogens with zero attached hydrogens (tertiary/aromatic N) is 2. The first kappa shape index (κ1) is 14.2. The van der Waals surface area contributed by atoms with Gasteiger partial charge in [0, 0.05) is 22.7 Å². The standard InChI is InChI=1S/C11H12BrN3O3S/c1-2-17-14-9(16)3-4-10-13-11(15-18-10)8-5-7(12)6-19-8/h5-6H,2-4H2,1H3,(H,14,16). The molecule has 0 aromatic carbocycles. The number of hydrogen-bond acceptors (Lipinski definition) is 6. The predicted octanol–water partition coefficient (Wildman–Crippen LogP) is 2.56. The maximum absolute atomic E-state index is 11.3. The summed E-state index contributed by atoms with van der Waals surface area (Å²) in [5.74, 6) is 0.766. The summed E-state index contributed by atoms with van der Waals surface area (Å²) in [6, 6.07) is 1.92. The highest BCUT2D eigenvalue weighted by molar-refractivity contribution is 9.10. The highest BCUT2D eigenvalue weighted by Gasteiger charge is 2.12. The molecule has 0 bridgehead atoms. The largest absolute Gasteiger partial charge is 0.339 e. The Morgan fingerprint density at radius 1 is 1.63 bits per heavy atom. The molecule has 0 saturated carbocycles. The van der Waals surface area contributed by atoms with E-state index in [4.69, 9.17) is 9.36 Å². The van der Waals surface area contributed by atoms with E-state index in [1.165, 1.54) is 11.3 Å². The van der Waals surface area contributed by atoms with E-state index in [0.717, 1.165) is 9.35 Å². The number of halogens is 1. The van der Waals surface area contributed by atoms with Gasteiger partial charge in [0.15, 0.2) is 0 Å². The van der Waals surface area contributed by atoms with Gasteiger partial charge in [-0.15, -0.1) is 11.3 Å². The molecule has 1 N–H and O–H groups in total. The summed E-state index contributed by atoms with van der Waals surface area (Å²) in [5, 5.41) is 5.83. The van der Waals surface area contributed by atoms with Crippen LogP contribution in [0, 0.1) is 0 Å². The van der Waals surface area contributed by atoms with E-state index in [0.29, 0.717) is 24.7 Å². The highest BCUT2D eigenvalue weighted by Crippen LogP contribution is 2.27. The fourth-order valence-corrected chi connectivity index (χ4v) is 2.66. The smallest absolute Gasteiger partial charge is 0.244 e. The second-order valence-corrected chi connectivity index (χ2v) is 5.43. The first-order valence-electron chi connectivity index (χ1n) is 5.66. The number of thiophene rings is 1. The zero-order valence-corrected chi connectivity index (χ0v) is 12.6. The van der Waals surface area contributed by atoms with Crippen LogP contribution in [0.25, 0.3) is 10.7 Å². The van der Waals surface area contributed by atoms with Crippen molar-refractivity contribution in [1.29, 1.82) is 0 Å². The highest BCUT2D eigenvalue weighted by atomic mass is 79.9. The minimum atomic E-state index is -0.208. The van der Waals surface area contributed by atoms with Crippen LogP contribution in [0.3, 0.4) is 0 Å². The monoisotopic (exact) mass is 345 g/mol. The van der Waals surface area contributed by atoms with Crippen molar-refractivity contribution in [2.24, 2.45) is 0 Å². The fourth-order valence-electron chi connectivity index (χ4n) is 1.31. The van der Waals surface area contributed by atoms with Crippen LogP contribution in [0.5, 0.6) is 0 Å². The first-order valence-corrected chi connectivity index (χ1v) is 7.34. The molecule has 0 aliphatic rings. The van der Waals surface area contributed by atoms with E-state index in [-0.39, 0.29) is 12.3 Å². The molecule has 0 spiro atoms. The molecule has 6 nitrogen and oxygen atoms in total. The molecule has 0 aliphatic carbocycles. The Balaban J connectivity index is 1.89. The molecule has 1 amide bonds. The molecule has 0 unspecified atom stereocenters. The topological polar surface area (TPSA) is 77.2 Å². The van der Waals surface area contributed by atoms with Gasteiger partial charge in [0.1, 0.15) is 0 Å². The third kappa shape index (κ3) is 4.12. The van der Waals surface area contributed by atoms with E-state index in [2.05, 4.69) is 31.6 Å². The summed E-state index contributed by atoms with van der Waals surface area (Å²) in [6.07, 6.45) is 0.633. The van der Waals surface area contributed by atoms with Gasteiger partial charge in [-0.1, -0.05) is 5.16 Å². The number of carbonyl (C=O) groups excluding carboxylic acids is 1. The second-order valence-electron chi connectivity index (χ2n) is 3.60. The Morgan fingerprint density at radius 3 is 3.16 bits per heavy atom. The van der Waals surface area contributed by atoms with E-state index in [1.807, 2.05) is 11.4 Å². The van der Waals surface area contributed by atoms with Crippen molar-refractivity contribution in [3.8, 4) is 10.7 Å². The molecule has 0 fully saturated rings. The van der Waals surface area contributed by atoms with Crippen molar-refractivity contribution in [2.75, 3.05) is 6.61 Å². The van der Waals surface area contributed by atoms with Crippen molar-refractivity contribution >= 4 is 33.2 Å². The number of amides is 1. The number of aromatic nitrogens is 2. The molecule has 2 aromatic heterocycles. The lowest BCUT2D eigenvalue weighted by molar-refractivity contribution is -0.133. The van der Waals surface area contributed by atoms with Crippen LogP contribution in [0.15, 0.2) is 20.4 Å². The molecule has 102 valence electrons. The van der Waals surface area contributed by atoms with Crippen LogP contribution >= 0.6 is 27.3 Å². The zero-order chi connectivity index (χ0) is 13.7. The Kier molecular flexibility index (Phi) is 5.06. The lowest BCUT2D eigenvalue weighted by Crippen LogP contribution is -2.23. The lowest BCUT2D eigenvalue weighted by Gasteiger charge is -2.00. The average Bonchev–Trinajstić information content (AvgIpc) is 3.02. The van der Waals surface area contributed by atoms with Gasteiger partial charge in [0.05, 0.1) is 11.5 Å². The van der Waals surface area contributed by atoms with Gasteiger partial charge in [-0.2, -0.15) is 4.98 Å². The van der Waals surface area contributed by atoms with Crippen LogP contribution in [0.4, 0.5) is 0 Å². The summed E-state index contributed by atoms with van der Waals surface area (Å²) >= 11 is 4.89. The van der Waals surface area contributed by atoms with Crippen molar-refractivity contribution in [3.05, 3.63) is 21.8 Å². The maximum Gasteiger partial charge on any atom is 0.244 e. The Labute approximate surface area is 122 Å². The SMILES string of the molecule is CCONC(=O)CCc1nc(-c2cc(Br)cs2)no1. The van der Waals surface area contributed by atoms with Gasteiger partial charge in [-0.05, 0) is 28.9 Å². The van der Waals surface area contributed by atoms with E-state index in [9.17, 15) is 4.79 Å². The molecule has 2 heterocycles. The maximum atomic E-state index is 11.3. The van der Waals surface area contributed by atoms with Gasteiger partial charge in [0.25, 0.3) is 0 Å². The van der Waals surface area contributed by atoms with Crippen LogP contribution in [-0.2, 0) is 16.1 Å².